The lowest BCUT2D eigenvalue weighted by atomic mass is 10.1. The average Bonchev–Trinajstić information content (AvgIpc) is 3.05. The van der Waals surface area contributed by atoms with Crippen molar-refractivity contribution in [2.24, 2.45) is 0 Å². The van der Waals surface area contributed by atoms with Crippen LogP contribution >= 0.6 is 11.3 Å². The van der Waals surface area contributed by atoms with Gasteiger partial charge in [0.05, 0.1) is 5.69 Å². The lowest BCUT2D eigenvalue weighted by Gasteiger charge is -2.05. The van der Waals surface area contributed by atoms with Gasteiger partial charge < -0.3 is 20.6 Å². The van der Waals surface area contributed by atoms with E-state index in [9.17, 15) is 9.90 Å². The first-order valence-electron chi connectivity index (χ1n) is 6.67. The highest BCUT2D eigenvalue weighted by Crippen LogP contribution is 2.11. The minimum Gasteiger partial charge on any atom is -0.443 e. The summed E-state index contributed by atoms with van der Waals surface area (Å²) >= 11 is 1.37. The highest BCUT2D eigenvalue weighted by molar-refractivity contribution is 7.13. The molecule has 1 amide bonds. The van der Waals surface area contributed by atoms with Gasteiger partial charge in [0.15, 0.2) is 16.7 Å². The maximum absolute atomic E-state index is 11.9. The second kappa shape index (κ2) is 6.64. The van der Waals surface area contributed by atoms with Crippen molar-refractivity contribution in [3.05, 3.63) is 34.7 Å². The first-order valence-corrected chi connectivity index (χ1v) is 7.55. The van der Waals surface area contributed by atoms with Crippen LogP contribution < -0.4 is 11.1 Å². The normalized spacial score (nSPS) is 10.9. The van der Waals surface area contributed by atoms with Crippen LogP contribution in [-0.2, 0) is 6.42 Å². The Hall–Kier alpha value is -2.30. The van der Waals surface area contributed by atoms with Crippen molar-refractivity contribution in [2.75, 3.05) is 12.3 Å². The molecule has 0 atom stereocenters. The van der Waals surface area contributed by atoms with Crippen LogP contribution in [0.25, 0.3) is 0 Å². The van der Waals surface area contributed by atoms with E-state index in [0.717, 1.165) is 5.69 Å². The molecule has 2 aromatic heterocycles. The molecule has 6 nitrogen and oxygen atoms in total. The minimum absolute atomic E-state index is 0.179. The minimum atomic E-state index is -1.11. The molecule has 0 saturated carbocycles. The highest BCUT2D eigenvalue weighted by Gasteiger charge is 2.11. The first-order chi connectivity index (χ1) is 10.3. The van der Waals surface area contributed by atoms with Crippen molar-refractivity contribution in [1.29, 1.82) is 0 Å². The molecule has 4 N–H and O–H groups in total. The zero-order chi connectivity index (χ0) is 16.2. The smallest absolute Gasteiger partial charge is 0.287 e. The first kappa shape index (κ1) is 16.1. The maximum atomic E-state index is 11.9. The van der Waals surface area contributed by atoms with Gasteiger partial charge in [0.1, 0.15) is 5.60 Å². The Morgan fingerprint density at radius 3 is 2.95 bits per heavy atom. The van der Waals surface area contributed by atoms with Crippen LogP contribution in [0.2, 0.25) is 0 Å². The molecule has 2 heterocycles. The fourth-order valence-electron chi connectivity index (χ4n) is 1.57. The van der Waals surface area contributed by atoms with E-state index in [4.69, 9.17) is 10.2 Å². The number of furan rings is 1. The van der Waals surface area contributed by atoms with E-state index in [1.165, 1.54) is 11.3 Å². The van der Waals surface area contributed by atoms with Gasteiger partial charge in [0.2, 0.25) is 0 Å². The molecule has 7 heteroatoms. The molecule has 0 aliphatic rings. The quantitative estimate of drug-likeness (QED) is 0.740. The summed E-state index contributed by atoms with van der Waals surface area (Å²) in [5.74, 6) is 5.49. The number of aliphatic hydroxyl groups is 1. The Morgan fingerprint density at radius 1 is 1.55 bits per heavy atom. The summed E-state index contributed by atoms with van der Waals surface area (Å²) in [6.07, 6.45) is 0.603. The second-order valence-electron chi connectivity index (χ2n) is 5.16. The summed E-state index contributed by atoms with van der Waals surface area (Å²) in [6.45, 7) is 3.58. The Morgan fingerprint density at radius 2 is 2.32 bits per heavy atom. The van der Waals surface area contributed by atoms with Crippen LogP contribution in [0, 0.1) is 11.8 Å². The number of hydrogen-bond acceptors (Lipinski definition) is 6. The number of thiazole rings is 1. The van der Waals surface area contributed by atoms with E-state index in [1.807, 2.05) is 5.38 Å². The molecule has 0 radical (unpaired) electrons. The van der Waals surface area contributed by atoms with E-state index in [0.29, 0.717) is 23.9 Å². The Kier molecular flexibility index (Phi) is 4.85. The van der Waals surface area contributed by atoms with Crippen molar-refractivity contribution in [2.45, 2.75) is 25.9 Å². The Bertz CT molecular complexity index is 716. The van der Waals surface area contributed by atoms with Crippen LogP contribution in [0.5, 0.6) is 0 Å². The third-order valence-corrected chi connectivity index (χ3v) is 3.28. The van der Waals surface area contributed by atoms with E-state index < -0.39 is 5.60 Å². The summed E-state index contributed by atoms with van der Waals surface area (Å²) in [5.41, 5.74) is 5.28. The highest BCUT2D eigenvalue weighted by atomic mass is 32.1. The SMILES string of the molecule is CC(C)(O)C#Cc1ccc(C(=O)NCCc2csc(N)n2)o1. The van der Waals surface area contributed by atoms with Gasteiger partial charge in [-0.2, -0.15) is 0 Å². The van der Waals surface area contributed by atoms with Crippen molar-refractivity contribution in [1.82, 2.24) is 10.3 Å². The molecule has 0 spiro atoms. The van der Waals surface area contributed by atoms with Crippen LogP contribution in [0.1, 0.15) is 35.9 Å². The van der Waals surface area contributed by atoms with Gasteiger partial charge in [0.25, 0.3) is 5.91 Å². The van der Waals surface area contributed by atoms with Gasteiger partial charge in [-0.25, -0.2) is 4.98 Å². The van der Waals surface area contributed by atoms with Crippen LogP contribution in [0.15, 0.2) is 21.9 Å². The van der Waals surface area contributed by atoms with E-state index >= 15 is 0 Å². The molecule has 0 aromatic carbocycles. The number of carbonyl (C=O) groups excluding carboxylic acids is 1. The molecule has 0 saturated heterocycles. The summed E-state index contributed by atoms with van der Waals surface area (Å²) < 4.78 is 5.32. The van der Waals surface area contributed by atoms with Crippen molar-refractivity contribution >= 4 is 22.4 Å². The molecule has 0 bridgehead atoms. The summed E-state index contributed by atoms with van der Waals surface area (Å²) in [4.78, 5) is 16.0. The van der Waals surface area contributed by atoms with E-state index in [1.54, 1.807) is 26.0 Å². The molecule has 0 fully saturated rings. The lowest BCUT2D eigenvalue weighted by molar-refractivity contribution is 0.0926. The predicted molar refractivity (Wildman–Crippen MR) is 84.4 cm³/mol. The number of hydrogen-bond donors (Lipinski definition) is 3. The summed E-state index contributed by atoms with van der Waals surface area (Å²) in [7, 11) is 0. The van der Waals surface area contributed by atoms with E-state index in [2.05, 4.69) is 22.1 Å². The molecular formula is C15H17N3O3S. The number of amides is 1. The molecule has 0 unspecified atom stereocenters. The number of aromatic nitrogens is 1. The van der Waals surface area contributed by atoms with Crippen LogP contribution in [-0.4, -0.2) is 28.1 Å². The number of nitrogens with two attached hydrogens (primary N) is 1. The number of anilines is 1. The molecular weight excluding hydrogens is 302 g/mol. The maximum Gasteiger partial charge on any atom is 0.287 e. The Balaban J connectivity index is 1.87. The van der Waals surface area contributed by atoms with E-state index in [-0.39, 0.29) is 11.7 Å². The zero-order valence-corrected chi connectivity index (χ0v) is 13.2. The van der Waals surface area contributed by atoms with Gasteiger partial charge in [-0.15, -0.1) is 11.3 Å². The molecule has 2 aromatic rings. The summed E-state index contributed by atoms with van der Waals surface area (Å²) in [6, 6.07) is 3.14. The number of rotatable bonds is 4. The summed E-state index contributed by atoms with van der Waals surface area (Å²) in [5, 5.41) is 14.6. The lowest BCUT2D eigenvalue weighted by Crippen LogP contribution is -2.25. The molecule has 22 heavy (non-hydrogen) atoms. The van der Waals surface area contributed by atoms with Gasteiger partial charge >= 0.3 is 0 Å². The monoisotopic (exact) mass is 319 g/mol. The fraction of sp³-hybridized carbons (Fsp3) is 0.333. The fourth-order valence-corrected chi connectivity index (χ4v) is 2.17. The average molecular weight is 319 g/mol. The molecule has 0 aliphatic carbocycles. The van der Waals surface area contributed by atoms with Crippen molar-refractivity contribution < 1.29 is 14.3 Å². The van der Waals surface area contributed by atoms with Crippen LogP contribution in [0.4, 0.5) is 5.13 Å². The topological polar surface area (TPSA) is 101 Å². The van der Waals surface area contributed by atoms with Gasteiger partial charge in [-0.3, -0.25) is 4.79 Å². The predicted octanol–water partition coefficient (Wildman–Crippen LogP) is 1.41. The second-order valence-corrected chi connectivity index (χ2v) is 6.05. The number of nitrogen functional groups attached to an aromatic ring is 1. The zero-order valence-electron chi connectivity index (χ0n) is 12.3. The molecule has 2 rings (SSSR count). The van der Waals surface area contributed by atoms with Gasteiger partial charge in [0, 0.05) is 18.3 Å². The molecule has 0 aliphatic heterocycles. The number of carbonyl (C=O) groups is 1. The standard InChI is InChI=1S/C15H17N3O3S/c1-15(2,20)7-5-11-3-4-12(21-11)13(19)17-8-6-10-9-22-14(16)18-10/h3-4,9,20H,6,8H2,1-2H3,(H2,16,18)(H,17,19). The third-order valence-electron chi connectivity index (χ3n) is 2.56. The largest absolute Gasteiger partial charge is 0.443 e. The van der Waals surface area contributed by atoms with Crippen molar-refractivity contribution in [3.63, 3.8) is 0 Å². The van der Waals surface area contributed by atoms with Gasteiger partial charge in [-0.1, -0.05) is 5.92 Å². The van der Waals surface area contributed by atoms with Crippen LogP contribution in [0.3, 0.4) is 0 Å². The third kappa shape index (κ3) is 4.91. The molecule has 116 valence electrons. The van der Waals surface area contributed by atoms with Crippen molar-refractivity contribution in [3.8, 4) is 11.8 Å². The number of nitrogens with zero attached hydrogens (tertiary/aromatic N) is 1. The van der Waals surface area contributed by atoms with Gasteiger partial charge in [-0.05, 0) is 31.9 Å². The number of nitrogens with one attached hydrogen (secondary N) is 1. The Labute approximate surface area is 132 Å².